The summed E-state index contributed by atoms with van der Waals surface area (Å²) >= 11 is 0. The second-order valence-corrected chi connectivity index (χ2v) is 4.09. The van der Waals surface area contributed by atoms with Crippen LogP contribution in [0.15, 0.2) is 49.2 Å². The molecule has 5 nitrogen and oxygen atoms in total. The van der Waals surface area contributed by atoms with E-state index in [9.17, 15) is 0 Å². The van der Waals surface area contributed by atoms with E-state index < -0.39 is 0 Å². The Morgan fingerprint density at radius 1 is 1.28 bits per heavy atom. The highest BCUT2D eigenvalue weighted by atomic mass is 15.3. The number of nitrogens with zero attached hydrogens (tertiary/aromatic N) is 4. The third kappa shape index (κ3) is 1.66. The van der Waals surface area contributed by atoms with Crippen LogP contribution in [0.4, 0.5) is 5.82 Å². The molecular weight excluding hydrogens is 226 g/mol. The van der Waals surface area contributed by atoms with Gasteiger partial charge < -0.3 is 10.3 Å². The Kier molecular flexibility index (Phi) is 2.37. The molecule has 0 radical (unpaired) electrons. The summed E-state index contributed by atoms with van der Waals surface area (Å²) in [6.07, 6.45) is 7.21. The second-order valence-electron chi connectivity index (χ2n) is 4.09. The van der Waals surface area contributed by atoms with Gasteiger partial charge in [0.05, 0.1) is 12.5 Å². The van der Waals surface area contributed by atoms with Crippen LogP contribution in [0.5, 0.6) is 0 Å². The minimum absolute atomic E-state index is 0.665. The van der Waals surface area contributed by atoms with Gasteiger partial charge in [0, 0.05) is 30.7 Å². The van der Waals surface area contributed by atoms with E-state index in [-0.39, 0.29) is 0 Å². The Labute approximate surface area is 104 Å². The Hall–Kier alpha value is -2.56. The molecule has 2 N–H and O–H groups in total. The Balaban J connectivity index is 2.09. The van der Waals surface area contributed by atoms with Crippen molar-refractivity contribution in [2.75, 3.05) is 5.73 Å². The van der Waals surface area contributed by atoms with Crippen LogP contribution in [-0.4, -0.2) is 19.3 Å². The first-order chi connectivity index (χ1) is 8.75. The monoisotopic (exact) mass is 239 g/mol. The van der Waals surface area contributed by atoms with Gasteiger partial charge in [-0.05, 0) is 17.7 Å². The summed E-state index contributed by atoms with van der Waals surface area (Å²) in [6, 6.07) is 8.11. The van der Waals surface area contributed by atoms with Crippen molar-refractivity contribution in [1.29, 1.82) is 0 Å². The zero-order chi connectivity index (χ0) is 12.5. The quantitative estimate of drug-likeness (QED) is 0.742. The van der Waals surface area contributed by atoms with Crippen molar-refractivity contribution in [1.82, 2.24) is 19.3 Å². The van der Waals surface area contributed by atoms with Crippen LogP contribution < -0.4 is 5.73 Å². The predicted molar refractivity (Wildman–Crippen MR) is 70.2 cm³/mol. The summed E-state index contributed by atoms with van der Waals surface area (Å²) in [5.41, 5.74) is 9.03. The number of nitrogens with two attached hydrogens (primary N) is 1. The van der Waals surface area contributed by atoms with Crippen LogP contribution >= 0.6 is 0 Å². The number of anilines is 1. The molecule has 0 atom stereocenters. The molecule has 0 unspecified atom stereocenters. The fourth-order valence-electron chi connectivity index (χ4n) is 1.92. The number of hydrogen-bond donors (Lipinski definition) is 1. The van der Waals surface area contributed by atoms with Gasteiger partial charge in [-0.2, -0.15) is 5.10 Å². The SMILES string of the molecule is Cn1ncc(-c2cccc(-n3ccnc3)c2)c1N. The maximum absolute atomic E-state index is 5.98. The fourth-order valence-corrected chi connectivity index (χ4v) is 1.92. The molecule has 2 heterocycles. The summed E-state index contributed by atoms with van der Waals surface area (Å²) < 4.78 is 3.62. The lowest BCUT2D eigenvalue weighted by Crippen LogP contribution is -1.98. The Bertz CT molecular complexity index is 667. The number of imidazole rings is 1. The second kappa shape index (κ2) is 4.03. The van der Waals surface area contributed by atoms with E-state index in [1.54, 1.807) is 23.4 Å². The van der Waals surface area contributed by atoms with Crippen LogP contribution in [0, 0.1) is 0 Å². The molecule has 0 fully saturated rings. The molecule has 0 amide bonds. The molecule has 3 aromatic rings. The molecular formula is C13H13N5. The highest BCUT2D eigenvalue weighted by Gasteiger charge is 2.08. The van der Waals surface area contributed by atoms with Gasteiger partial charge in [0.1, 0.15) is 5.82 Å². The third-order valence-corrected chi connectivity index (χ3v) is 2.94. The van der Waals surface area contributed by atoms with Crippen molar-refractivity contribution in [2.45, 2.75) is 0 Å². The van der Waals surface area contributed by atoms with Gasteiger partial charge in [0.15, 0.2) is 0 Å². The first-order valence-electron chi connectivity index (χ1n) is 5.62. The van der Waals surface area contributed by atoms with Gasteiger partial charge >= 0.3 is 0 Å². The predicted octanol–water partition coefficient (Wildman–Crippen LogP) is 1.85. The largest absolute Gasteiger partial charge is 0.383 e. The van der Waals surface area contributed by atoms with E-state index in [1.165, 1.54) is 0 Å². The smallest absolute Gasteiger partial charge is 0.129 e. The zero-order valence-corrected chi connectivity index (χ0v) is 9.99. The highest BCUT2D eigenvalue weighted by Crippen LogP contribution is 2.26. The van der Waals surface area contributed by atoms with Gasteiger partial charge in [-0.15, -0.1) is 0 Å². The summed E-state index contributed by atoms with van der Waals surface area (Å²) in [6.45, 7) is 0. The first kappa shape index (κ1) is 10.6. The molecule has 90 valence electrons. The van der Waals surface area contributed by atoms with Crippen LogP contribution in [0.3, 0.4) is 0 Å². The van der Waals surface area contributed by atoms with Crippen LogP contribution in [0.25, 0.3) is 16.8 Å². The number of nitrogen functional groups attached to an aromatic ring is 1. The topological polar surface area (TPSA) is 61.7 Å². The minimum atomic E-state index is 0.665. The van der Waals surface area contributed by atoms with Crippen molar-refractivity contribution in [3.05, 3.63) is 49.2 Å². The summed E-state index contributed by atoms with van der Waals surface area (Å²) in [7, 11) is 1.83. The summed E-state index contributed by atoms with van der Waals surface area (Å²) in [5.74, 6) is 0.665. The molecule has 1 aromatic carbocycles. The maximum atomic E-state index is 5.98. The average molecular weight is 239 g/mol. The van der Waals surface area contributed by atoms with Crippen molar-refractivity contribution >= 4 is 5.82 Å². The number of rotatable bonds is 2. The highest BCUT2D eigenvalue weighted by molar-refractivity contribution is 5.74. The van der Waals surface area contributed by atoms with Crippen LogP contribution in [0.1, 0.15) is 0 Å². The Morgan fingerprint density at radius 3 is 2.83 bits per heavy atom. The van der Waals surface area contributed by atoms with Crippen molar-refractivity contribution in [3.63, 3.8) is 0 Å². The van der Waals surface area contributed by atoms with E-state index >= 15 is 0 Å². The van der Waals surface area contributed by atoms with Gasteiger partial charge in [-0.3, -0.25) is 4.68 Å². The normalized spacial score (nSPS) is 10.7. The van der Waals surface area contributed by atoms with Gasteiger partial charge in [-0.25, -0.2) is 4.98 Å². The van der Waals surface area contributed by atoms with Gasteiger partial charge in [0.25, 0.3) is 0 Å². The molecule has 0 aliphatic rings. The molecule has 18 heavy (non-hydrogen) atoms. The van der Waals surface area contributed by atoms with Gasteiger partial charge in [0.2, 0.25) is 0 Å². The standard InChI is InChI=1S/C13H13N5/c1-17-13(14)12(8-16-17)10-3-2-4-11(7-10)18-6-5-15-9-18/h2-9H,14H2,1H3. The lowest BCUT2D eigenvalue weighted by molar-refractivity contribution is 0.779. The molecule has 0 saturated heterocycles. The van der Waals surface area contributed by atoms with Gasteiger partial charge in [-0.1, -0.05) is 12.1 Å². The molecule has 5 heteroatoms. The average Bonchev–Trinajstić information content (AvgIpc) is 3.02. The molecule has 0 aliphatic heterocycles. The Morgan fingerprint density at radius 2 is 2.17 bits per heavy atom. The molecule has 0 bridgehead atoms. The lowest BCUT2D eigenvalue weighted by atomic mass is 10.1. The molecule has 0 aliphatic carbocycles. The number of benzene rings is 1. The van der Waals surface area contributed by atoms with E-state index in [4.69, 9.17) is 5.73 Å². The third-order valence-electron chi connectivity index (χ3n) is 2.94. The van der Waals surface area contributed by atoms with Crippen molar-refractivity contribution in [2.24, 2.45) is 7.05 Å². The number of aryl methyl sites for hydroxylation is 1. The zero-order valence-electron chi connectivity index (χ0n) is 9.99. The van der Waals surface area contributed by atoms with E-state index in [1.807, 2.05) is 36.0 Å². The van der Waals surface area contributed by atoms with E-state index in [0.29, 0.717) is 5.82 Å². The first-order valence-corrected chi connectivity index (χ1v) is 5.62. The van der Waals surface area contributed by atoms with Crippen molar-refractivity contribution in [3.8, 4) is 16.8 Å². The lowest BCUT2D eigenvalue weighted by Gasteiger charge is -2.05. The molecule has 0 saturated carbocycles. The van der Waals surface area contributed by atoms with E-state index in [2.05, 4.69) is 16.1 Å². The molecule has 0 spiro atoms. The van der Waals surface area contributed by atoms with E-state index in [0.717, 1.165) is 16.8 Å². The number of aromatic nitrogens is 4. The minimum Gasteiger partial charge on any atom is -0.383 e. The van der Waals surface area contributed by atoms with Crippen molar-refractivity contribution < 1.29 is 0 Å². The molecule has 3 rings (SSSR count). The van der Waals surface area contributed by atoms with Crippen LogP contribution in [0.2, 0.25) is 0 Å². The number of hydrogen-bond acceptors (Lipinski definition) is 3. The summed E-state index contributed by atoms with van der Waals surface area (Å²) in [4.78, 5) is 4.04. The van der Waals surface area contributed by atoms with Crippen LogP contribution in [-0.2, 0) is 7.05 Å². The summed E-state index contributed by atoms with van der Waals surface area (Å²) in [5, 5.41) is 4.16. The maximum Gasteiger partial charge on any atom is 0.129 e. The molecule has 2 aromatic heterocycles. The fraction of sp³-hybridized carbons (Fsp3) is 0.0769.